The third kappa shape index (κ3) is 2.15. The van der Waals surface area contributed by atoms with E-state index in [9.17, 15) is 4.79 Å². The molecule has 3 aliphatic carbocycles. The number of carbonyl (C=O) groups excluding carboxylic acids is 1. The second kappa shape index (κ2) is 4.95. The fourth-order valence-corrected chi connectivity index (χ4v) is 4.57. The number of carbonyl (C=O) groups is 1. The molecule has 1 aromatic rings. The van der Waals surface area contributed by atoms with Gasteiger partial charge in [-0.3, -0.25) is 4.79 Å². The van der Waals surface area contributed by atoms with Crippen LogP contribution in [0.25, 0.3) is 5.57 Å². The van der Waals surface area contributed by atoms with Crippen molar-refractivity contribution in [2.45, 2.75) is 33.6 Å². The van der Waals surface area contributed by atoms with E-state index < -0.39 is 0 Å². The highest BCUT2D eigenvalue weighted by molar-refractivity contribution is 9.10. The van der Waals surface area contributed by atoms with Gasteiger partial charge in [0.05, 0.1) is 0 Å². The molecule has 1 fully saturated rings. The van der Waals surface area contributed by atoms with Crippen LogP contribution in [0.4, 0.5) is 0 Å². The maximum absolute atomic E-state index is 12.7. The van der Waals surface area contributed by atoms with Crippen LogP contribution in [0, 0.1) is 17.3 Å². The maximum atomic E-state index is 12.7. The van der Waals surface area contributed by atoms with Gasteiger partial charge in [-0.05, 0) is 47.5 Å². The first-order valence-corrected chi connectivity index (χ1v) is 8.30. The molecule has 4 rings (SSSR count). The van der Waals surface area contributed by atoms with E-state index in [0.29, 0.717) is 18.1 Å². The van der Waals surface area contributed by atoms with E-state index in [1.807, 2.05) is 18.2 Å². The van der Waals surface area contributed by atoms with Crippen LogP contribution in [0.5, 0.6) is 0 Å². The second-order valence-electron chi connectivity index (χ2n) is 6.95. The number of benzene rings is 1. The zero-order chi connectivity index (χ0) is 15.4. The van der Waals surface area contributed by atoms with Crippen molar-refractivity contribution >= 4 is 27.3 Å². The fourth-order valence-electron chi connectivity index (χ4n) is 4.00. The Morgan fingerprint density at radius 3 is 2.57 bits per heavy atom. The van der Waals surface area contributed by atoms with Gasteiger partial charge in [-0.15, -0.1) is 0 Å². The average molecular weight is 345 g/mol. The van der Waals surface area contributed by atoms with Crippen molar-refractivity contribution in [1.82, 2.24) is 0 Å². The molecule has 110 valence electrons. The summed E-state index contributed by atoms with van der Waals surface area (Å²) in [6.07, 6.45) is 1.72. The number of rotatable bonds is 3. The van der Waals surface area contributed by atoms with Gasteiger partial charge in [0.15, 0.2) is 5.78 Å². The van der Waals surface area contributed by atoms with Crippen LogP contribution in [0.1, 0.15) is 39.2 Å². The summed E-state index contributed by atoms with van der Waals surface area (Å²) in [7, 11) is 0. The van der Waals surface area contributed by atoms with Gasteiger partial charge in [0.2, 0.25) is 0 Å². The van der Waals surface area contributed by atoms with E-state index in [2.05, 4.69) is 49.3 Å². The number of Topliss-reactive ketones (excluding diaryl/α,β-unsaturated/α-hetero) is 1. The molecule has 2 heteroatoms. The molecular formula is C19H21BrO. The molecule has 0 N–H and O–H groups in total. The molecule has 2 atom stereocenters. The Morgan fingerprint density at radius 1 is 1.33 bits per heavy atom. The summed E-state index contributed by atoms with van der Waals surface area (Å²) in [5, 5.41) is 0. The second-order valence-corrected chi connectivity index (χ2v) is 7.80. The molecule has 0 amide bonds. The van der Waals surface area contributed by atoms with Crippen molar-refractivity contribution in [3.8, 4) is 0 Å². The van der Waals surface area contributed by atoms with Crippen molar-refractivity contribution in [1.29, 1.82) is 0 Å². The third-order valence-corrected chi connectivity index (χ3v) is 6.22. The Kier molecular flexibility index (Phi) is 3.48. The minimum Gasteiger partial charge on any atom is -0.294 e. The van der Waals surface area contributed by atoms with Gasteiger partial charge in [0.25, 0.3) is 0 Å². The van der Waals surface area contributed by atoms with Crippen LogP contribution in [-0.2, 0) is 4.79 Å². The molecule has 0 spiro atoms. The van der Waals surface area contributed by atoms with Gasteiger partial charge >= 0.3 is 0 Å². The molecule has 21 heavy (non-hydrogen) atoms. The van der Waals surface area contributed by atoms with E-state index in [4.69, 9.17) is 0 Å². The van der Waals surface area contributed by atoms with Crippen LogP contribution in [0.3, 0.4) is 0 Å². The Balaban J connectivity index is 1.89. The highest BCUT2D eigenvalue weighted by Crippen LogP contribution is 2.60. The third-order valence-electron chi connectivity index (χ3n) is 5.53. The first kappa shape index (κ1) is 14.8. The van der Waals surface area contributed by atoms with Crippen LogP contribution >= 0.6 is 15.9 Å². The van der Waals surface area contributed by atoms with Crippen LogP contribution in [-0.4, -0.2) is 5.78 Å². The number of hydrogen-bond donors (Lipinski definition) is 0. The zero-order valence-electron chi connectivity index (χ0n) is 12.9. The molecule has 1 saturated carbocycles. The summed E-state index contributed by atoms with van der Waals surface area (Å²) in [5.74, 6) is 1.14. The van der Waals surface area contributed by atoms with Crippen molar-refractivity contribution < 1.29 is 4.79 Å². The first-order chi connectivity index (χ1) is 9.84. The largest absolute Gasteiger partial charge is 0.294 e. The van der Waals surface area contributed by atoms with Gasteiger partial charge in [0.1, 0.15) is 0 Å². The average Bonchev–Trinajstić information content (AvgIpc) is 2.42. The van der Waals surface area contributed by atoms with Gasteiger partial charge in [-0.25, -0.2) is 0 Å². The van der Waals surface area contributed by atoms with Crippen LogP contribution < -0.4 is 0 Å². The summed E-state index contributed by atoms with van der Waals surface area (Å²) in [4.78, 5) is 12.7. The summed E-state index contributed by atoms with van der Waals surface area (Å²) < 4.78 is 1.04. The quantitative estimate of drug-likeness (QED) is 0.715. The van der Waals surface area contributed by atoms with E-state index in [1.54, 1.807) is 0 Å². The normalized spacial score (nSPS) is 26.6. The molecule has 0 saturated heterocycles. The number of halogens is 1. The Hall–Kier alpha value is -1.15. The number of ketones is 1. The topological polar surface area (TPSA) is 17.1 Å². The van der Waals surface area contributed by atoms with Crippen molar-refractivity contribution in [2.24, 2.45) is 17.3 Å². The maximum Gasteiger partial charge on any atom is 0.162 e. The predicted octanol–water partition coefficient (Wildman–Crippen LogP) is 5.41. The van der Waals surface area contributed by atoms with Crippen molar-refractivity contribution in [2.75, 3.05) is 0 Å². The highest BCUT2D eigenvalue weighted by atomic mass is 79.9. The summed E-state index contributed by atoms with van der Waals surface area (Å²) in [5.41, 5.74) is 4.57. The molecule has 1 aromatic carbocycles. The SMILES string of the molecule is C=C(CC1=C(C)[C@H]2C[C@@H](C1=O)C2(C)C)c1ccccc1Br. The smallest absolute Gasteiger partial charge is 0.162 e. The van der Waals surface area contributed by atoms with Gasteiger partial charge < -0.3 is 0 Å². The number of allylic oxidation sites excluding steroid dienone is 3. The fraction of sp³-hybridized carbons (Fsp3) is 0.421. The molecule has 3 aliphatic rings. The van der Waals surface area contributed by atoms with Gasteiger partial charge in [-0.1, -0.05) is 60.1 Å². The lowest BCUT2D eigenvalue weighted by atomic mass is 9.47. The van der Waals surface area contributed by atoms with Crippen molar-refractivity contribution in [3.05, 3.63) is 52.0 Å². The molecule has 2 bridgehead atoms. The minimum atomic E-state index is 0.152. The highest BCUT2D eigenvalue weighted by Gasteiger charge is 2.56. The van der Waals surface area contributed by atoms with Crippen LogP contribution in [0.15, 0.2) is 46.5 Å². The van der Waals surface area contributed by atoms with E-state index in [1.165, 1.54) is 5.57 Å². The first-order valence-electron chi connectivity index (χ1n) is 7.50. The molecule has 0 radical (unpaired) electrons. The van der Waals surface area contributed by atoms with Gasteiger partial charge in [0, 0.05) is 16.8 Å². The zero-order valence-corrected chi connectivity index (χ0v) is 14.5. The Bertz CT molecular complexity index is 666. The standard InChI is InChI=1S/C19H21BrO/c1-11(13-7-5-6-8-17(13)20)9-14-12(2)15-10-16(18(14)21)19(15,3)4/h5-8,15-16H,1,9-10H2,2-4H3/t15-,16+/m1/s1. The number of hydrogen-bond acceptors (Lipinski definition) is 1. The molecule has 1 nitrogen and oxygen atoms in total. The molecule has 0 aromatic heterocycles. The Labute approximate surface area is 135 Å². The summed E-state index contributed by atoms with van der Waals surface area (Å²) in [6.45, 7) is 10.8. The summed E-state index contributed by atoms with van der Waals surface area (Å²) >= 11 is 3.57. The molecular weight excluding hydrogens is 324 g/mol. The molecule has 0 aliphatic heterocycles. The lowest BCUT2D eigenvalue weighted by Crippen LogP contribution is -2.53. The molecule has 0 unspecified atom stereocenters. The number of fused-ring (bicyclic) bond motifs is 1. The van der Waals surface area contributed by atoms with E-state index >= 15 is 0 Å². The van der Waals surface area contributed by atoms with Gasteiger partial charge in [-0.2, -0.15) is 0 Å². The Morgan fingerprint density at radius 2 is 2.00 bits per heavy atom. The lowest BCUT2D eigenvalue weighted by Gasteiger charge is -2.56. The minimum absolute atomic E-state index is 0.152. The molecule has 0 heterocycles. The monoisotopic (exact) mass is 344 g/mol. The predicted molar refractivity (Wildman–Crippen MR) is 90.9 cm³/mol. The summed E-state index contributed by atoms with van der Waals surface area (Å²) in [6, 6.07) is 8.08. The van der Waals surface area contributed by atoms with E-state index in [-0.39, 0.29) is 11.3 Å². The van der Waals surface area contributed by atoms with Crippen LogP contribution in [0.2, 0.25) is 0 Å². The van der Waals surface area contributed by atoms with Crippen molar-refractivity contribution in [3.63, 3.8) is 0 Å². The van der Waals surface area contributed by atoms with E-state index in [0.717, 1.165) is 27.6 Å². The lowest BCUT2D eigenvalue weighted by molar-refractivity contribution is -0.135.